The minimum Gasteiger partial charge on any atom is -0.375 e. The van der Waals surface area contributed by atoms with Gasteiger partial charge in [-0.25, -0.2) is 9.97 Å². The molecule has 132 valence electrons. The van der Waals surface area contributed by atoms with E-state index in [1.54, 1.807) is 18.2 Å². The molecule has 1 aromatic carbocycles. The molecule has 1 heterocycles. The molecule has 0 unspecified atom stereocenters. The summed E-state index contributed by atoms with van der Waals surface area (Å²) in [7, 11) is -3.85. The maximum atomic E-state index is 12.3. The van der Waals surface area contributed by atoms with E-state index in [2.05, 4.69) is 21.1 Å². The maximum Gasteiger partial charge on any atom is 0.534 e. The Morgan fingerprint density at radius 1 is 1.25 bits per heavy atom. The quantitative estimate of drug-likeness (QED) is 0.580. The van der Waals surface area contributed by atoms with Crippen molar-refractivity contribution in [2.24, 2.45) is 0 Å². The lowest BCUT2D eigenvalue weighted by atomic mass is 10.2. The number of alkyl halides is 3. The fourth-order valence-electron chi connectivity index (χ4n) is 1.94. The third-order valence-corrected chi connectivity index (χ3v) is 4.23. The molecule has 0 bridgehead atoms. The monoisotopic (exact) mass is 363 g/mol. The third kappa shape index (κ3) is 4.05. The molecule has 2 aromatic rings. The lowest BCUT2D eigenvalue weighted by molar-refractivity contribution is -0.0501. The van der Waals surface area contributed by atoms with Crippen molar-refractivity contribution < 1.29 is 25.8 Å². The van der Waals surface area contributed by atoms with Gasteiger partial charge in [0.1, 0.15) is 0 Å². The Hall–Kier alpha value is -2.10. The van der Waals surface area contributed by atoms with Gasteiger partial charge in [-0.05, 0) is 24.6 Å². The van der Waals surface area contributed by atoms with E-state index in [4.69, 9.17) is 0 Å². The Bertz CT molecular complexity index is 825. The fraction of sp³-hybridized carbons (Fsp3) is 0.429. The van der Waals surface area contributed by atoms with Crippen LogP contribution in [0.2, 0.25) is 0 Å². The van der Waals surface area contributed by atoms with E-state index >= 15 is 0 Å². The summed E-state index contributed by atoms with van der Waals surface area (Å²) in [6.07, 6.45) is 2.91. The summed E-state index contributed by atoms with van der Waals surface area (Å²) in [5.41, 5.74) is -3.98. The maximum absolute atomic E-state index is 12.3. The zero-order valence-corrected chi connectivity index (χ0v) is 13.9. The van der Waals surface area contributed by atoms with E-state index in [1.807, 2.05) is 11.9 Å². The van der Waals surface area contributed by atoms with Crippen LogP contribution < -0.4 is 9.08 Å². The van der Waals surface area contributed by atoms with Gasteiger partial charge in [-0.2, -0.15) is 21.6 Å². The SMILES string of the molecule is CCCCN(C)c1ccc2nc(OS(=O)(=O)C(F)(F)F)cnc2c1. The molecule has 10 heteroatoms. The topological polar surface area (TPSA) is 72.4 Å². The van der Waals surface area contributed by atoms with Gasteiger partial charge in [-0.3, -0.25) is 0 Å². The van der Waals surface area contributed by atoms with E-state index in [-0.39, 0.29) is 5.52 Å². The molecular weight excluding hydrogens is 347 g/mol. The molecule has 2 rings (SSSR count). The van der Waals surface area contributed by atoms with Gasteiger partial charge in [-0.1, -0.05) is 13.3 Å². The van der Waals surface area contributed by atoms with E-state index in [9.17, 15) is 21.6 Å². The Morgan fingerprint density at radius 2 is 1.96 bits per heavy atom. The second-order valence-corrected chi connectivity index (χ2v) is 6.68. The summed E-state index contributed by atoms with van der Waals surface area (Å²) < 4.78 is 62.9. The molecule has 1 aromatic heterocycles. The molecule has 0 amide bonds. The highest BCUT2D eigenvalue weighted by atomic mass is 32.2. The number of benzene rings is 1. The molecule has 0 saturated carbocycles. The van der Waals surface area contributed by atoms with Crippen molar-refractivity contribution in [1.82, 2.24) is 9.97 Å². The number of hydrogen-bond donors (Lipinski definition) is 0. The predicted molar refractivity (Wildman–Crippen MR) is 83.3 cm³/mol. The standard InChI is InChI=1S/C14H16F3N3O3S/c1-3-4-7-20(2)10-5-6-11-12(8-10)18-9-13(19-11)23-24(21,22)14(15,16)17/h5-6,8-9H,3-4,7H2,1-2H3. The van der Waals surface area contributed by atoms with Gasteiger partial charge >= 0.3 is 15.6 Å². The number of hydrogen-bond acceptors (Lipinski definition) is 6. The average Bonchev–Trinajstić information content (AvgIpc) is 2.50. The number of rotatable bonds is 6. The Balaban J connectivity index is 2.27. The van der Waals surface area contributed by atoms with Crippen molar-refractivity contribution in [3.8, 4) is 5.88 Å². The van der Waals surface area contributed by atoms with Crippen LogP contribution in [0.5, 0.6) is 5.88 Å². The summed E-state index contributed by atoms with van der Waals surface area (Å²) in [5, 5.41) is 0. The van der Waals surface area contributed by atoms with Crippen LogP contribution in [0.25, 0.3) is 11.0 Å². The Morgan fingerprint density at radius 3 is 2.58 bits per heavy atom. The molecule has 0 aliphatic carbocycles. The van der Waals surface area contributed by atoms with Gasteiger partial charge in [0.05, 0.1) is 17.2 Å². The fourth-order valence-corrected chi connectivity index (χ4v) is 2.34. The second kappa shape index (κ2) is 6.80. The number of aromatic nitrogens is 2. The van der Waals surface area contributed by atoms with Crippen molar-refractivity contribution in [2.75, 3.05) is 18.5 Å². The number of anilines is 1. The van der Waals surface area contributed by atoms with Crippen LogP contribution in [-0.2, 0) is 10.1 Å². The molecule has 0 spiro atoms. The highest BCUT2D eigenvalue weighted by Gasteiger charge is 2.48. The van der Waals surface area contributed by atoms with Gasteiger partial charge in [0, 0.05) is 19.3 Å². The number of unbranched alkanes of at least 4 members (excludes halogenated alkanes) is 1. The second-order valence-electron chi connectivity index (χ2n) is 5.14. The van der Waals surface area contributed by atoms with Crippen molar-refractivity contribution in [2.45, 2.75) is 25.3 Å². The summed E-state index contributed by atoms with van der Waals surface area (Å²) in [6.45, 7) is 2.93. The molecule has 0 saturated heterocycles. The highest BCUT2D eigenvalue weighted by molar-refractivity contribution is 7.87. The number of fused-ring (bicyclic) bond motifs is 1. The van der Waals surface area contributed by atoms with Gasteiger partial charge in [0.2, 0.25) is 0 Å². The van der Waals surface area contributed by atoms with E-state index < -0.39 is 21.5 Å². The molecule has 0 fully saturated rings. The first-order chi connectivity index (χ1) is 11.1. The molecule has 6 nitrogen and oxygen atoms in total. The summed E-state index contributed by atoms with van der Waals surface area (Å²) in [6, 6.07) is 5.00. The third-order valence-electron chi connectivity index (χ3n) is 3.27. The van der Waals surface area contributed by atoms with E-state index in [0.717, 1.165) is 31.3 Å². The Labute approximate surface area is 137 Å². The molecule has 0 N–H and O–H groups in total. The minimum atomic E-state index is -5.76. The van der Waals surface area contributed by atoms with Crippen molar-refractivity contribution in [3.05, 3.63) is 24.4 Å². The van der Waals surface area contributed by atoms with Crippen LogP contribution >= 0.6 is 0 Å². The van der Waals surface area contributed by atoms with E-state index in [0.29, 0.717) is 5.52 Å². The first-order valence-corrected chi connectivity index (χ1v) is 8.53. The zero-order valence-electron chi connectivity index (χ0n) is 13.0. The Kier molecular flexibility index (Phi) is 5.16. The van der Waals surface area contributed by atoms with Crippen LogP contribution in [0.3, 0.4) is 0 Å². The van der Waals surface area contributed by atoms with Crippen molar-refractivity contribution in [3.63, 3.8) is 0 Å². The van der Waals surface area contributed by atoms with Crippen LogP contribution in [0, 0.1) is 0 Å². The molecule has 0 aliphatic heterocycles. The van der Waals surface area contributed by atoms with Crippen LogP contribution in [0.4, 0.5) is 18.9 Å². The summed E-state index contributed by atoms with van der Waals surface area (Å²) in [5.74, 6) is -0.730. The summed E-state index contributed by atoms with van der Waals surface area (Å²) >= 11 is 0. The molecule has 24 heavy (non-hydrogen) atoms. The largest absolute Gasteiger partial charge is 0.534 e. The van der Waals surface area contributed by atoms with Gasteiger partial charge in [0.25, 0.3) is 5.88 Å². The zero-order chi connectivity index (χ0) is 18.0. The highest BCUT2D eigenvalue weighted by Crippen LogP contribution is 2.27. The van der Waals surface area contributed by atoms with Crippen LogP contribution in [-0.4, -0.2) is 37.5 Å². The molecule has 0 radical (unpaired) electrons. The van der Waals surface area contributed by atoms with Crippen LogP contribution in [0.15, 0.2) is 24.4 Å². The van der Waals surface area contributed by atoms with Crippen molar-refractivity contribution >= 4 is 26.8 Å². The number of nitrogens with zero attached hydrogens (tertiary/aromatic N) is 3. The average molecular weight is 363 g/mol. The smallest absolute Gasteiger partial charge is 0.375 e. The molecular formula is C14H16F3N3O3S. The van der Waals surface area contributed by atoms with E-state index in [1.165, 1.54) is 0 Å². The number of halogens is 3. The van der Waals surface area contributed by atoms with Crippen molar-refractivity contribution in [1.29, 1.82) is 0 Å². The van der Waals surface area contributed by atoms with Gasteiger partial charge in [-0.15, -0.1) is 0 Å². The van der Waals surface area contributed by atoms with Crippen LogP contribution in [0.1, 0.15) is 19.8 Å². The first kappa shape index (κ1) is 18.2. The minimum absolute atomic E-state index is 0.234. The first-order valence-electron chi connectivity index (χ1n) is 7.13. The lowest BCUT2D eigenvalue weighted by Gasteiger charge is -2.19. The molecule has 0 aliphatic rings. The normalized spacial score (nSPS) is 12.4. The predicted octanol–water partition coefficient (Wildman–Crippen LogP) is 3.09. The summed E-state index contributed by atoms with van der Waals surface area (Å²) in [4.78, 5) is 9.70. The molecule has 0 atom stereocenters. The van der Waals surface area contributed by atoms with Gasteiger partial charge in [0.15, 0.2) is 0 Å². The lowest BCUT2D eigenvalue weighted by Crippen LogP contribution is -2.28. The van der Waals surface area contributed by atoms with Gasteiger partial charge < -0.3 is 9.08 Å².